The van der Waals surface area contributed by atoms with Gasteiger partial charge in [0.05, 0.1) is 17.3 Å². The highest BCUT2D eigenvalue weighted by molar-refractivity contribution is 7.99. The number of rotatable bonds is 9. The first-order valence-electron chi connectivity index (χ1n) is 9.68. The normalized spacial score (nSPS) is 17.9. The molecule has 1 aromatic heterocycles. The third kappa shape index (κ3) is 5.70. The molecule has 1 aliphatic heterocycles. The number of hydrogen-bond donors (Lipinski definition) is 1. The molecule has 7 nitrogen and oxygen atoms in total. The topological polar surface area (TPSA) is 93.9 Å². The minimum atomic E-state index is -3.01. The molecule has 0 radical (unpaired) electrons. The Morgan fingerprint density at radius 1 is 1.34 bits per heavy atom. The summed E-state index contributed by atoms with van der Waals surface area (Å²) in [7, 11) is -3.01. The zero-order chi connectivity index (χ0) is 20.9. The van der Waals surface area contributed by atoms with Crippen molar-refractivity contribution >= 4 is 33.2 Å². The molecule has 0 bridgehead atoms. The first-order valence-corrected chi connectivity index (χ1v) is 12.5. The van der Waals surface area contributed by atoms with Crippen molar-refractivity contribution in [3.8, 4) is 0 Å². The summed E-state index contributed by atoms with van der Waals surface area (Å²) in [5.41, 5.74) is 2.01. The molecule has 1 saturated heterocycles. The van der Waals surface area contributed by atoms with Crippen molar-refractivity contribution in [1.82, 2.24) is 14.8 Å². The Labute approximate surface area is 175 Å². The van der Waals surface area contributed by atoms with Gasteiger partial charge in [0.1, 0.15) is 5.82 Å². The Morgan fingerprint density at radius 3 is 2.72 bits per heavy atom. The third-order valence-electron chi connectivity index (χ3n) is 4.76. The minimum Gasteiger partial charge on any atom is -0.325 e. The number of carbonyl (C=O) groups is 1. The van der Waals surface area contributed by atoms with Crippen LogP contribution in [0.1, 0.15) is 37.1 Å². The second-order valence-electron chi connectivity index (χ2n) is 7.12. The predicted octanol–water partition coefficient (Wildman–Crippen LogP) is 3.05. The van der Waals surface area contributed by atoms with Crippen molar-refractivity contribution in [1.29, 1.82) is 0 Å². The number of aromatic nitrogens is 3. The van der Waals surface area contributed by atoms with Crippen LogP contribution in [-0.4, -0.2) is 46.3 Å². The highest BCUT2D eigenvalue weighted by atomic mass is 32.2. The molecule has 1 atom stereocenters. The van der Waals surface area contributed by atoms with Crippen molar-refractivity contribution in [3.63, 3.8) is 0 Å². The summed E-state index contributed by atoms with van der Waals surface area (Å²) in [6.45, 7) is 6.37. The Kier molecular flexibility index (Phi) is 7.13. The fourth-order valence-corrected chi connectivity index (χ4v) is 5.87. The summed E-state index contributed by atoms with van der Waals surface area (Å²) >= 11 is 1.29. The van der Waals surface area contributed by atoms with Gasteiger partial charge in [0.25, 0.3) is 0 Å². The number of sulfone groups is 1. The average Bonchev–Trinajstić information content (AvgIpc) is 3.25. The van der Waals surface area contributed by atoms with E-state index >= 15 is 0 Å². The number of nitrogens with zero attached hydrogens (tertiary/aromatic N) is 3. The summed E-state index contributed by atoms with van der Waals surface area (Å²) in [5, 5.41) is 11.9. The van der Waals surface area contributed by atoms with Gasteiger partial charge in [-0.2, -0.15) is 0 Å². The largest absolute Gasteiger partial charge is 0.325 e. The Balaban J connectivity index is 1.62. The van der Waals surface area contributed by atoms with Crippen LogP contribution < -0.4 is 5.32 Å². The van der Waals surface area contributed by atoms with Crippen molar-refractivity contribution in [2.75, 3.05) is 22.6 Å². The molecule has 3 rings (SSSR count). The lowest BCUT2D eigenvalue weighted by Gasteiger charge is -2.11. The lowest BCUT2D eigenvalue weighted by Crippen LogP contribution is -2.15. The van der Waals surface area contributed by atoms with Crippen LogP contribution in [0.3, 0.4) is 0 Å². The van der Waals surface area contributed by atoms with Gasteiger partial charge < -0.3 is 9.88 Å². The molecule has 9 heteroatoms. The molecular weight excluding hydrogens is 408 g/mol. The van der Waals surface area contributed by atoms with E-state index in [1.165, 1.54) is 17.3 Å². The molecule has 1 N–H and O–H groups in total. The number of nitrogens with one attached hydrogen (secondary N) is 1. The maximum Gasteiger partial charge on any atom is 0.234 e. The zero-order valence-electron chi connectivity index (χ0n) is 16.5. The van der Waals surface area contributed by atoms with Gasteiger partial charge in [-0.1, -0.05) is 43.3 Å². The lowest BCUT2D eigenvalue weighted by atomic mass is 10.1. The number of amides is 1. The van der Waals surface area contributed by atoms with Gasteiger partial charge in [0.2, 0.25) is 5.91 Å². The Hall–Kier alpha value is -2.13. The number of allylic oxidation sites excluding steroid dienone is 1. The average molecular weight is 435 g/mol. The standard InChI is InChI=1S/C20H26N4O3S2/c1-3-5-15-6-8-17(9-7-15)21-18(25)13-28-20-23-22-19(24(20)11-4-2)16-10-12-29(26,27)14-16/h4,6-9,16H,2-3,5,10-14H2,1H3,(H,21,25). The van der Waals surface area contributed by atoms with Crippen LogP contribution in [0.4, 0.5) is 5.69 Å². The number of hydrogen-bond acceptors (Lipinski definition) is 6. The van der Waals surface area contributed by atoms with Gasteiger partial charge in [-0.15, -0.1) is 16.8 Å². The van der Waals surface area contributed by atoms with Gasteiger partial charge in [-0.25, -0.2) is 8.42 Å². The summed E-state index contributed by atoms with van der Waals surface area (Å²) < 4.78 is 25.5. The molecule has 29 heavy (non-hydrogen) atoms. The van der Waals surface area contributed by atoms with Crippen molar-refractivity contribution in [2.24, 2.45) is 0 Å². The molecule has 1 aromatic carbocycles. The second kappa shape index (κ2) is 9.58. The molecule has 1 fully saturated rings. The summed E-state index contributed by atoms with van der Waals surface area (Å²) in [6, 6.07) is 7.86. The fourth-order valence-electron chi connectivity index (χ4n) is 3.38. The van der Waals surface area contributed by atoms with E-state index in [0.29, 0.717) is 23.9 Å². The van der Waals surface area contributed by atoms with Crippen LogP contribution in [0.15, 0.2) is 42.1 Å². The maximum absolute atomic E-state index is 12.3. The van der Waals surface area contributed by atoms with E-state index in [-0.39, 0.29) is 29.1 Å². The third-order valence-corrected chi connectivity index (χ3v) is 7.50. The zero-order valence-corrected chi connectivity index (χ0v) is 18.1. The first kappa shape index (κ1) is 21.6. The molecule has 0 spiro atoms. The first-order chi connectivity index (χ1) is 13.9. The molecule has 0 aliphatic carbocycles. The van der Waals surface area contributed by atoms with E-state index in [1.54, 1.807) is 6.08 Å². The predicted molar refractivity (Wildman–Crippen MR) is 116 cm³/mol. The molecule has 1 amide bonds. The summed E-state index contributed by atoms with van der Waals surface area (Å²) in [5.74, 6) is 0.839. The van der Waals surface area contributed by atoms with E-state index < -0.39 is 9.84 Å². The van der Waals surface area contributed by atoms with Gasteiger partial charge in [0.15, 0.2) is 15.0 Å². The number of anilines is 1. The second-order valence-corrected chi connectivity index (χ2v) is 10.3. The van der Waals surface area contributed by atoms with Crippen molar-refractivity contribution < 1.29 is 13.2 Å². The molecule has 2 heterocycles. The Morgan fingerprint density at radius 2 is 2.10 bits per heavy atom. The molecule has 0 saturated carbocycles. The maximum atomic E-state index is 12.3. The lowest BCUT2D eigenvalue weighted by molar-refractivity contribution is -0.113. The van der Waals surface area contributed by atoms with E-state index in [1.807, 2.05) is 28.8 Å². The number of thioether (sulfide) groups is 1. The molecular formula is C20H26N4O3S2. The molecule has 2 aromatic rings. The number of benzene rings is 1. The summed E-state index contributed by atoms with van der Waals surface area (Å²) in [6.07, 6.45) is 4.38. The Bertz CT molecular complexity index is 968. The van der Waals surface area contributed by atoms with Gasteiger partial charge in [-0.3, -0.25) is 4.79 Å². The van der Waals surface area contributed by atoms with Crippen molar-refractivity contribution in [2.45, 2.75) is 43.8 Å². The SMILES string of the molecule is C=CCn1c(SCC(=O)Nc2ccc(CCC)cc2)nnc1C1CCS(=O)(=O)C1. The van der Waals surface area contributed by atoms with E-state index in [4.69, 9.17) is 0 Å². The summed E-state index contributed by atoms with van der Waals surface area (Å²) in [4.78, 5) is 12.3. The van der Waals surface area contributed by atoms with Crippen LogP contribution in [0.25, 0.3) is 0 Å². The van der Waals surface area contributed by atoms with Crippen LogP contribution in [-0.2, 0) is 27.6 Å². The fraction of sp³-hybridized carbons (Fsp3) is 0.450. The van der Waals surface area contributed by atoms with Gasteiger partial charge >= 0.3 is 0 Å². The van der Waals surface area contributed by atoms with E-state index in [2.05, 4.69) is 29.0 Å². The van der Waals surface area contributed by atoms with Gasteiger partial charge in [-0.05, 0) is 30.5 Å². The monoisotopic (exact) mass is 434 g/mol. The minimum absolute atomic E-state index is 0.0987. The van der Waals surface area contributed by atoms with Crippen LogP contribution in [0, 0.1) is 0 Å². The highest BCUT2D eigenvalue weighted by Gasteiger charge is 2.33. The number of carbonyl (C=O) groups excluding carboxylic acids is 1. The van der Waals surface area contributed by atoms with Gasteiger partial charge in [0, 0.05) is 18.2 Å². The van der Waals surface area contributed by atoms with E-state index in [0.717, 1.165) is 18.5 Å². The smallest absolute Gasteiger partial charge is 0.234 e. The van der Waals surface area contributed by atoms with Crippen LogP contribution in [0.2, 0.25) is 0 Å². The van der Waals surface area contributed by atoms with Crippen molar-refractivity contribution in [3.05, 3.63) is 48.3 Å². The molecule has 156 valence electrons. The quantitative estimate of drug-likeness (QED) is 0.482. The molecule has 1 unspecified atom stereocenters. The van der Waals surface area contributed by atoms with Crippen LogP contribution in [0.5, 0.6) is 0 Å². The molecule has 1 aliphatic rings. The van der Waals surface area contributed by atoms with E-state index in [9.17, 15) is 13.2 Å². The number of aryl methyl sites for hydroxylation is 1. The van der Waals surface area contributed by atoms with Crippen LogP contribution >= 0.6 is 11.8 Å². The highest BCUT2D eigenvalue weighted by Crippen LogP contribution is 2.30.